The second-order valence-corrected chi connectivity index (χ2v) is 1.90. The van der Waals surface area contributed by atoms with Gasteiger partial charge in [-0.1, -0.05) is 11.6 Å². The highest BCUT2D eigenvalue weighted by Gasteiger charge is 2.28. The zero-order valence-corrected chi connectivity index (χ0v) is 4.37. The molecule has 0 heterocycles. The summed E-state index contributed by atoms with van der Waals surface area (Å²) in [6, 6.07) is 0. The molecule has 0 amide bonds. The molecule has 0 saturated heterocycles. The standard InChI is InChI=1S/C3H4ClFO2/c1-3(4,5)2(6)7/h1H3,(H,6,7). The van der Waals surface area contributed by atoms with Crippen molar-refractivity contribution in [2.45, 2.75) is 12.1 Å². The first-order valence-corrected chi connectivity index (χ1v) is 1.93. The lowest BCUT2D eigenvalue weighted by atomic mass is 10.4. The molecule has 0 rings (SSSR count). The Morgan fingerprint density at radius 3 is 2.14 bits per heavy atom. The molecule has 0 aliphatic carbocycles. The summed E-state index contributed by atoms with van der Waals surface area (Å²) >= 11 is 4.60. The van der Waals surface area contributed by atoms with E-state index in [1.165, 1.54) is 0 Å². The van der Waals surface area contributed by atoms with Crippen molar-refractivity contribution in [2.75, 3.05) is 0 Å². The number of alkyl halides is 2. The zero-order valence-electron chi connectivity index (χ0n) is 3.61. The van der Waals surface area contributed by atoms with Crippen molar-refractivity contribution in [3.05, 3.63) is 0 Å². The molecule has 42 valence electrons. The van der Waals surface area contributed by atoms with E-state index in [-0.39, 0.29) is 0 Å². The van der Waals surface area contributed by atoms with E-state index in [2.05, 4.69) is 11.6 Å². The third kappa shape index (κ3) is 2.39. The highest BCUT2D eigenvalue weighted by molar-refractivity contribution is 6.31. The number of carboxylic acid groups (broad SMARTS) is 1. The summed E-state index contributed by atoms with van der Waals surface area (Å²) in [5.74, 6) is -1.66. The fourth-order valence-electron chi connectivity index (χ4n) is 0. The zero-order chi connectivity index (χ0) is 6.08. The van der Waals surface area contributed by atoms with Crippen LogP contribution in [-0.2, 0) is 4.79 Å². The van der Waals surface area contributed by atoms with Crippen molar-refractivity contribution in [1.29, 1.82) is 0 Å². The number of aliphatic carboxylic acids is 1. The molecule has 0 bridgehead atoms. The summed E-state index contributed by atoms with van der Waals surface area (Å²) in [5, 5.41) is 5.13. The number of hydrogen-bond donors (Lipinski definition) is 1. The Balaban J connectivity index is 3.79. The van der Waals surface area contributed by atoms with Gasteiger partial charge in [0.2, 0.25) is 0 Å². The molecule has 0 radical (unpaired) electrons. The van der Waals surface area contributed by atoms with Crippen LogP contribution in [0.1, 0.15) is 6.92 Å². The van der Waals surface area contributed by atoms with Crippen LogP contribution in [0, 0.1) is 0 Å². The number of carbonyl (C=O) groups is 1. The maximum absolute atomic E-state index is 11.7. The topological polar surface area (TPSA) is 37.3 Å². The maximum atomic E-state index is 11.7. The molecular weight excluding hydrogens is 122 g/mol. The van der Waals surface area contributed by atoms with Crippen LogP contribution in [0.15, 0.2) is 0 Å². The van der Waals surface area contributed by atoms with Gasteiger partial charge in [0.1, 0.15) is 0 Å². The number of halogens is 2. The van der Waals surface area contributed by atoms with Crippen LogP contribution >= 0.6 is 11.6 Å². The average molecular weight is 127 g/mol. The van der Waals surface area contributed by atoms with E-state index in [1.807, 2.05) is 0 Å². The molecule has 0 saturated carbocycles. The second-order valence-electron chi connectivity index (χ2n) is 1.19. The van der Waals surface area contributed by atoms with E-state index in [4.69, 9.17) is 5.11 Å². The van der Waals surface area contributed by atoms with Crippen LogP contribution < -0.4 is 0 Å². The van der Waals surface area contributed by atoms with Crippen molar-refractivity contribution < 1.29 is 14.3 Å². The molecule has 1 N–H and O–H groups in total. The summed E-state index contributed by atoms with van der Waals surface area (Å²) in [6.45, 7) is 0.761. The summed E-state index contributed by atoms with van der Waals surface area (Å²) in [5.41, 5.74) is 0. The van der Waals surface area contributed by atoms with E-state index in [0.29, 0.717) is 0 Å². The van der Waals surface area contributed by atoms with Gasteiger partial charge in [-0.2, -0.15) is 0 Å². The molecule has 0 aromatic rings. The largest absolute Gasteiger partial charge is 0.478 e. The lowest BCUT2D eigenvalue weighted by molar-refractivity contribution is -0.144. The van der Waals surface area contributed by atoms with E-state index in [0.717, 1.165) is 6.92 Å². The van der Waals surface area contributed by atoms with Gasteiger partial charge in [0.25, 0.3) is 5.13 Å². The van der Waals surface area contributed by atoms with Gasteiger partial charge in [0.15, 0.2) is 0 Å². The summed E-state index contributed by atoms with van der Waals surface area (Å²) in [7, 11) is 0. The monoisotopic (exact) mass is 126 g/mol. The molecule has 7 heavy (non-hydrogen) atoms. The first kappa shape index (κ1) is 6.69. The van der Waals surface area contributed by atoms with E-state index in [9.17, 15) is 9.18 Å². The van der Waals surface area contributed by atoms with Gasteiger partial charge in [-0.25, -0.2) is 9.18 Å². The van der Waals surface area contributed by atoms with E-state index >= 15 is 0 Å². The summed E-state index contributed by atoms with van der Waals surface area (Å²) < 4.78 is 11.7. The Bertz CT molecular complexity index is 85.4. The smallest absolute Gasteiger partial charge is 0.356 e. The summed E-state index contributed by atoms with van der Waals surface area (Å²) in [4.78, 5) is 9.51. The minimum atomic E-state index is -2.61. The molecule has 1 unspecified atom stereocenters. The highest BCUT2D eigenvalue weighted by atomic mass is 35.5. The minimum absolute atomic E-state index is 0.761. The average Bonchev–Trinajstić information content (AvgIpc) is 1.31. The predicted octanol–water partition coefficient (Wildman–Crippen LogP) is 0.995. The van der Waals surface area contributed by atoms with E-state index < -0.39 is 11.1 Å². The highest BCUT2D eigenvalue weighted by Crippen LogP contribution is 2.14. The molecular formula is C3H4ClFO2. The Hall–Kier alpha value is -0.310. The molecule has 0 fully saturated rings. The Kier molecular flexibility index (Phi) is 1.58. The van der Waals surface area contributed by atoms with Crippen molar-refractivity contribution in [2.24, 2.45) is 0 Å². The summed E-state index contributed by atoms with van der Waals surface area (Å²) in [6.07, 6.45) is 0. The minimum Gasteiger partial charge on any atom is -0.478 e. The molecule has 0 aliphatic rings. The molecule has 0 spiro atoms. The molecule has 4 heteroatoms. The molecule has 0 aliphatic heterocycles. The quantitative estimate of drug-likeness (QED) is 0.532. The van der Waals surface area contributed by atoms with Crippen LogP contribution in [-0.4, -0.2) is 16.2 Å². The van der Waals surface area contributed by atoms with Gasteiger partial charge in [0, 0.05) is 0 Å². The fraction of sp³-hybridized carbons (Fsp3) is 0.667. The Morgan fingerprint density at radius 2 is 2.14 bits per heavy atom. The van der Waals surface area contributed by atoms with Gasteiger partial charge in [-0.05, 0) is 6.92 Å². The number of hydrogen-bond acceptors (Lipinski definition) is 1. The molecule has 0 aromatic heterocycles. The normalized spacial score (nSPS) is 18.1. The van der Waals surface area contributed by atoms with Crippen molar-refractivity contribution in [3.63, 3.8) is 0 Å². The number of carboxylic acids is 1. The van der Waals surface area contributed by atoms with Crippen molar-refractivity contribution in [1.82, 2.24) is 0 Å². The number of rotatable bonds is 1. The fourth-order valence-corrected chi connectivity index (χ4v) is 0. The van der Waals surface area contributed by atoms with Gasteiger partial charge in [0.05, 0.1) is 0 Å². The first-order chi connectivity index (χ1) is 2.94. The van der Waals surface area contributed by atoms with Crippen LogP contribution in [0.25, 0.3) is 0 Å². The molecule has 1 atom stereocenters. The van der Waals surface area contributed by atoms with Gasteiger partial charge < -0.3 is 5.11 Å². The third-order valence-corrected chi connectivity index (χ3v) is 0.537. The molecule has 2 nitrogen and oxygen atoms in total. The van der Waals surface area contributed by atoms with Crippen LogP contribution in [0.3, 0.4) is 0 Å². The second kappa shape index (κ2) is 1.66. The SMILES string of the molecule is CC(F)(Cl)C(=O)O. The predicted molar refractivity (Wildman–Crippen MR) is 23.0 cm³/mol. The van der Waals surface area contributed by atoms with Gasteiger partial charge in [-0.15, -0.1) is 0 Å². The van der Waals surface area contributed by atoms with Crippen molar-refractivity contribution in [3.8, 4) is 0 Å². The van der Waals surface area contributed by atoms with Crippen LogP contribution in [0.5, 0.6) is 0 Å². The van der Waals surface area contributed by atoms with Crippen LogP contribution in [0.2, 0.25) is 0 Å². The van der Waals surface area contributed by atoms with Gasteiger partial charge in [-0.3, -0.25) is 0 Å². The Labute approximate surface area is 44.9 Å². The lowest BCUT2D eigenvalue weighted by Crippen LogP contribution is -2.21. The van der Waals surface area contributed by atoms with E-state index in [1.54, 1.807) is 0 Å². The van der Waals surface area contributed by atoms with Crippen LogP contribution in [0.4, 0.5) is 4.39 Å². The lowest BCUT2D eigenvalue weighted by Gasteiger charge is -2.00. The maximum Gasteiger partial charge on any atom is 0.356 e. The third-order valence-electron chi connectivity index (χ3n) is 0.376. The molecule has 0 aromatic carbocycles. The first-order valence-electron chi connectivity index (χ1n) is 1.56. The Morgan fingerprint density at radius 1 is 2.00 bits per heavy atom. The van der Waals surface area contributed by atoms with Crippen molar-refractivity contribution >= 4 is 17.6 Å². The van der Waals surface area contributed by atoms with Gasteiger partial charge >= 0.3 is 5.97 Å².